The number of para-hydroxylation sites is 1. The van der Waals surface area contributed by atoms with Crippen LogP contribution in [0.4, 0.5) is 0 Å². The van der Waals surface area contributed by atoms with Gasteiger partial charge in [0, 0.05) is 17.3 Å². The van der Waals surface area contributed by atoms with Gasteiger partial charge in [-0.15, -0.1) is 0 Å². The first-order chi connectivity index (χ1) is 9.83. The molecule has 0 spiro atoms. The van der Waals surface area contributed by atoms with Gasteiger partial charge in [0.05, 0.1) is 6.61 Å². The molecule has 1 heterocycles. The van der Waals surface area contributed by atoms with E-state index in [2.05, 4.69) is 42.2 Å². The Kier molecular flexibility index (Phi) is 3.46. The normalized spacial score (nSPS) is 10.9. The molecule has 0 unspecified atom stereocenters. The summed E-state index contributed by atoms with van der Waals surface area (Å²) in [5, 5.41) is 1.24. The van der Waals surface area contributed by atoms with Crippen LogP contribution in [0.15, 0.2) is 48.7 Å². The van der Waals surface area contributed by atoms with E-state index < -0.39 is 0 Å². The lowest BCUT2D eigenvalue weighted by molar-refractivity contribution is 0.341. The van der Waals surface area contributed by atoms with Crippen LogP contribution in [0.2, 0.25) is 0 Å². The average Bonchev–Trinajstić information content (AvgIpc) is 2.94. The zero-order valence-electron chi connectivity index (χ0n) is 11.9. The van der Waals surface area contributed by atoms with Crippen molar-refractivity contribution in [1.82, 2.24) is 4.98 Å². The van der Waals surface area contributed by atoms with Gasteiger partial charge in [0.2, 0.25) is 0 Å². The molecule has 0 radical (unpaired) electrons. The van der Waals surface area contributed by atoms with E-state index in [1.165, 1.54) is 27.6 Å². The third-order valence-electron chi connectivity index (χ3n) is 3.64. The molecule has 1 aromatic heterocycles. The van der Waals surface area contributed by atoms with E-state index in [4.69, 9.17) is 4.74 Å². The fourth-order valence-corrected chi connectivity index (χ4v) is 2.66. The first-order valence-corrected chi connectivity index (χ1v) is 7.15. The summed E-state index contributed by atoms with van der Waals surface area (Å²) in [5.41, 5.74) is 4.98. The maximum Gasteiger partial charge on any atom is 0.127 e. The molecule has 0 saturated heterocycles. The molecule has 2 nitrogen and oxygen atoms in total. The van der Waals surface area contributed by atoms with E-state index >= 15 is 0 Å². The highest BCUT2D eigenvalue weighted by Crippen LogP contribution is 2.35. The smallest absolute Gasteiger partial charge is 0.127 e. The van der Waals surface area contributed by atoms with Gasteiger partial charge < -0.3 is 9.72 Å². The van der Waals surface area contributed by atoms with Crippen LogP contribution in [-0.4, -0.2) is 11.6 Å². The quantitative estimate of drug-likeness (QED) is 0.720. The second kappa shape index (κ2) is 5.41. The van der Waals surface area contributed by atoms with Gasteiger partial charge in [-0.3, -0.25) is 0 Å². The van der Waals surface area contributed by atoms with Gasteiger partial charge in [-0.05, 0) is 54.1 Å². The fourth-order valence-electron chi connectivity index (χ4n) is 2.66. The third kappa shape index (κ3) is 2.18. The topological polar surface area (TPSA) is 25.0 Å². The number of benzene rings is 2. The number of rotatable bonds is 4. The van der Waals surface area contributed by atoms with Crippen molar-refractivity contribution in [3.63, 3.8) is 0 Å². The van der Waals surface area contributed by atoms with Crippen molar-refractivity contribution in [3.8, 4) is 16.9 Å². The fraction of sp³-hybridized carbons (Fsp3) is 0.222. The summed E-state index contributed by atoms with van der Waals surface area (Å²) in [6, 6.07) is 14.9. The summed E-state index contributed by atoms with van der Waals surface area (Å²) in [6.07, 6.45) is 2.99. The SMILES string of the molecule is CCOc1ccccc1-c1cc2cc[nH]c2cc1CC. The highest BCUT2D eigenvalue weighted by atomic mass is 16.5. The molecule has 0 aliphatic heterocycles. The first-order valence-electron chi connectivity index (χ1n) is 7.15. The Labute approximate surface area is 119 Å². The third-order valence-corrected chi connectivity index (χ3v) is 3.64. The molecule has 3 aromatic rings. The number of aromatic nitrogens is 1. The minimum absolute atomic E-state index is 0.685. The molecule has 0 bridgehead atoms. The monoisotopic (exact) mass is 265 g/mol. The lowest BCUT2D eigenvalue weighted by Crippen LogP contribution is -1.95. The molecule has 0 saturated carbocycles. The molecule has 0 atom stereocenters. The number of nitrogens with one attached hydrogen (secondary N) is 1. The van der Waals surface area contributed by atoms with Crippen LogP contribution in [0.3, 0.4) is 0 Å². The Balaban J connectivity index is 2.22. The molecular formula is C18H19NO. The van der Waals surface area contributed by atoms with E-state index in [0.717, 1.165) is 12.2 Å². The van der Waals surface area contributed by atoms with Crippen molar-refractivity contribution in [2.45, 2.75) is 20.3 Å². The molecule has 2 heteroatoms. The van der Waals surface area contributed by atoms with E-state index in [9.17, 15) is 0 Å². The van der Waals surface area contributed by atoms with Crippen molar-refractivity contribution >= 4 is 10.9 Å². The Morgan fingerprint density at radius 1 is 1.00 bits per heavy atom. The molecule has 0 aliphatic carbocycles. The van der Waals surface area contributed by atoms with Crippen molar-refractivity contribution in [2.24, 2.45) is 0 Å². The highest BCUT2D eigenvalue weighted by Gasteiger charge is 2.11. The van der Waals surface area contributed by atoms with Crippen molar-refractivity contribution in [3.05, 3.63) is 54.2 Å². The second-order valence-electron chi connectivity index (χ2n) is 4.86. The molecule has 2 aromatic carbocycles. The molecule has 3 rings (SSSR count). The molecular weight excluding hydrogens is 246 g/mol. The first kappa shape index (κ1) is 12.8. The van der Waals surface area contributed by atoms with Gasteiger partial charge in [-0.25, -0.2) is 0 Å². The summed E-state index contributed by atoms with van der Waals surface area (Å²) >= 11 is 0. The molecule has 0 aliphatic rings. The lowest BCUT2D eigenvalue weighted by atomic mass is 9.96. The minimum atomic E-state index is 0.685. The molecule has 0 amide bonds. The maximum atomic E-state index is 5.78. The van der Waals surface area contributed by atoms with Gasteiger partial charge in [0.25, 0.3) is 0 Å². The zero-order chi connectivity index (χ0) is 13.9. The largest absolute Gasteiger partial charge is 0.493 e. The summed E-state index contributed by atoms with van der Waals surface area (Å²) in [5.74, 6) is 0.958. The molecule has 1 N–H and O–H groups in total. The summed E-state index contributed by atoms with van der Waals surface area (Å²) in [7, 11) is 0. The average molecular weight is 265 g/mol. The van der Waals surface area contributed by atoms with E-state index in [1.54, 1.807) is 0 Å². The van der Waals surface area contributed by atoms with Crippen molar-refractivity contribution in [1.29, 1.82) is 0 Å². The predicted molar refractivity (Wildman–Crippen MR) is 84.3 cm³/mol. The Morgan fingerprint density at radius 2 is 1.85 bits per heavy atom. The lowest BCUT2D eigenvalue weighted by Gasteiger charge is -2.13. The predicted octanol–water partition coefficient (Wildman–Crippen LogP) is 4.80. The van der Waals surface area contributed by atoms with E-state index in [-0.39, 0.29) is 0 Å². The van der Waals surface area contributed by atoms with E-state index in [0.29, 0.717) is 6.61 Å². The van der Waals surface area contributed by atoms with Gasteiger partial charge in [0.1, 0.15) is 5.75 Å². The maximum absolute atomic E-state index is 5.78. The summed E-state index contributed by atoms with van der Waals surface area (Å²) in [6.45, 7) is 4.90. The summed E-state index contributed by atoms with van der Waals surface area (Å²) < 4.78 is 5.78. The highest BCUT2D eigenvalue weighted by molar-refractivity contribution is 5.88. The Hall–Kier alpha value is -2.22. The Bertz CT molecular complexity index is 727. The zero-order valence-corrected chi connectivity index (χ0v) is 11.9. The van der Waals surface area contributed by atoms with Gasteiger partial charge in [0.15, 0.2) is 0 Å². The molecule has 0 fully saturated rings. The minimum Gasteiger partial charge on any atom is -0.493 e. The number of hydrogen-bond donors (Lipinski definition) is 1. The number of aryl methyl sites for hydroxylation is 1. The van der Waals surface area contributed by atoms with Gasteiger partial charge in [-0.1, -0.05) is 25.1 Å². The van der Waals surface area contributed by atoms with Crippen molar-refractivity contribution < 1.29 is 4.74 Å². The number of fused-ring (bicyclic) bond motifs is 1. The van der Waals surface area contributed by atoms with Crippen LogP contribution in [-0.2, 0) is 6.42 Å². The Morgan fingerprint density at radius 3 is 2.65 bits per heavy atom. The van der Waals surface area contributed by atoms with Crippen LogP contribution < -0.4 is 4.74 Å². The summed E-state index contributed by atoms with van der Waals surface area (Å²) in [4.78, 5) is 3.28. The van der Waals surface area contributed by atoms with E-state index in [1.807, 2.05) is 25.3 Å². The number of ether oxygens (including phenoxy) is 1. The standard InChI is InChI=1S/C18H19NO/c1-3-13-12-17-14(9-10-19-17)11-16(13)15-7-5-6-8-18(15)20-4-2/h5-12,19H,3-4H2,1-2H3. The molecule has 102 valence electrons. The van der Waals surface area contributed by atoms with Crippen LogP contribution in [0, 0.1) is 0 Å². The number of aromatic amines is 1. The van der Waals surface area contributed by atoms with Crippen molar-refractivity contribution in [2.75, 3.05) is 6.61 Å². The van der Waals surface area contributed by atoms with Gasteiger partial charge in [-0.2, -0.15) is 0 Å². The van der Waals surface area contributed by atoms with Gasteiger partial charge >= 0.3 is 0 Å². The van der Waals surface area contributed by atoms with Crippen LogP contribution in [0.5, 0.6) is 5.75 Å². The van der Waals surface area contributed by atoms with Crippen LogP contribution in [0.1, 0.15) is 19.4 Å². The second-order valence-corrected chi connectivity index (χ2v) is 4.86. The number of hydrogen-bond acceptors (Lipinski definition) is 1. The van der Waals surface area contributed by atoms with Crippen LogP contribution in [0.25, 0.3) is 22.0 Å². The number of H-pyrrole nitrogens is 1. The van der Waals surface area contributed by atoms with Crippen LogP contribution >= 0.6 is 0 Å². The molecule has 20 heavy (non-hydrogen) atoms.